The van der Waals surface area contributed by atoms with E-state index < -0.39 is 0 Å². The summed E-state index contributed by atoms with van der Waals surface area (Å²) in [5.41, 5.74) is 8.50. The number of anilines is 1. The van der Waals surface area contributed by atoms with Crippen molar-refractivity contribution in [3.63, 3.8) is 0 Å². The van der Waals surface area contributed by atoms with Crippen LogP contribution in [0.15, 0.2) is 0 Å². The molecule has 0 aromatic carbocycles. The number of aromatic nitrogens is 2. The zero-order chi connectivity index (χ0) is 12.3. The van der Waals surface area contributed by atoms with Crippen molar-refractivity contribution in [3.8, 4) is 0 Å². The third-order valence-electron chi connectivity index (χ3n) is 3.46. The van der Waals surface area contributed by atoms with Crippen LogP contribution >= 0.6 is 0 Å². The first-order valence-corrected chi connectivity index (χ1v) is 6.81. The van der Waals surface area contributed by atoms with Gasteiger partial charge in [-0.2, -0.15) is 0 Å². The summed E-state index contributed by atoms with van der Waals surface area (Å²) in [5, 5.41) is 0. The predicted molar refractivity (Wildman–Crippen MR) is 70.9 cm³/mol. The first-order valence-electron chi connectivity index (χ1n) is 6.81. The minimum atomic E-state index is 0.693. The molecule has 17 heavy (non-hydrogen) atoms. The Morgan fingerprint density at radius 2 is 1.88 bits per heavy atom. The maximum Gasteiger partial charge on any atom is 0.131 e. The van der Waals surface area contributed by atoms with E-state index in [2.05, 4.69) is 18.8 Å². The van der Waals surface area contributed by atoms with Gasteiger partial charge in [-0.1, -0.05) is 20.3 Å². The van der Waals surface area contributed by atoms with Crippen LogP contribution in [0.2, 0.25) is 0 Å². The van der Waals surface area contributed by atoms with Gasteiger partial charge in [-0.3, -0.25) is 0 Å². The van der Waals surface area contributed by atoms with Crippen molar-refractivity contribution < 1.29 is 0 Å². The van der Waals surface area contributed by atoms with Gasteiger partial charge >= 0.3 is 0 Å². The fraction of sp³-hybridized carbons (Fsp3) is 0.714. The molecule has 94 valence electrons. The second-order valence-corrected chi connectivity index (χ2v) is 5.44. The van der Waals surface area contributed by atoms with Crippen molar-refractivity contribution in [2.45, 2.75) is 58.8 Å². The summed E-state index contributed by atoms with van der Waals surface area (Å²) in [7, 11) is 0. The number of nitrogens with zero attached hydrogens (tertiary/aromatic N) is 2. The van der Waals surface area contributed by atoms with Crippen LogP contribution in [-0.2, 0) is 19.3 Å². The summed E-state index contributed by atoms with van der Waals surface area (Å²) in [6, 6.07) is 0. The zero-order valence-corrected chi connectivity index (χ0v) is 11.0. The molecule has 1 aliphatic carbocycles. The van der Waals surface area contributed by atoms with Crippen molar-refractivity contribution in [2.24, 2.45) is 5.92 Å². The standard InChI is InChI=1S/C14H23N3/c1-10(2)8-9-13-16-12-7-5-3-4-6-11(12)14(15)17-13/h10H,3-9H2,1-2H3,(H2,15,16,17). The van der Waals surface area contributed by atoms with E-state index in [1.807, 2.05) is 0 Å². The molecular formula is C14H23N3. The van der Waals surface area contributed by atoms with Crippen LogP contribution < -0.4 is 5.73 Å². The molecule has 0 unspecified atom stereocenters. The Hall–Kier alpha value is -1.12. The first-order chi connectivity index (χ1) is 8.16. The highest BCUT2D eigenvalue weighted by atomic mass is 15.0. The van der Waals surface area contributed by atoms with Gasteiger partial charge in [-0.15, -0.1) is 0 Å². The lowest BCUT2D eigenvalue weighted by atomic mass is 10.1. The van der Waals surface area contributed by atoms with Gasteiger partial charge in [-0.05, 0) is 38.0 Å². The molecule has 0 fully saturated rings. The summed E-state index contributed by atoms with van der Waals surface area (Å²) in [6.45, 7) is 4.46. The molecular weight excluding hydrogens is 210 g/mol. The highest BCUT2D eigenvalue weighted by molar-refractivity contribution is 5.43. The van der Waals surface area contributed by atoms with Crippen molar-refractivity contribution in [1.29, 1.82) is 0 Å². The summed E-state index contributed by atoms with van der Waals surface area (Å²) in [4.78, 5) is 9.18. The number of nitrogen functional groups attached to an aromatic ring is 1. The largest absolute Gasteiger partial charge is 0.383 e. The summed E-state index contributed by atoms with van der Waals surface area (Å²) in [6.07, 6.45) is 7.99. The Balaban J connectivity index is 2.20. The predicted octanol–water partition coefficient (Wildman–Crippen LogP) is 2.92. The Kier molecular flexibility index (Phi) is 3.97. The molecule has 1 aromatic heterocycles. The molecule has 0 saturated carbocycles. The van der Waals surface area contributed by atoms with E-state index in [4.69, 9.17) is 10.7 Å². The lowest BCUT2D eigenvalue weighted by molar-refractivity contribution is 0.573. The monoisotopic (exact) mass is 233 g/mol. The maximum atomic E-state index is 6.07. The van der Waals surface area contributed by atoms with E-state index in [-0.39, 0.29) is 0 Å². The van der Waals surface area contributed by atoms with Crippen LogP contribution in [0.3, 0.4) is 0 Å². The molecule has 1 aromatic rings. The highest BCUT2D eigenvalue weighted by Gasteiger charge is 2.14. The molecule has 2 rings (SSSR count). The maximum absolute atomic E-state index is 6.07. The minimum Gasteiger partial charge on any atom is -0.383 e. The number of nitrogens with two attached hydrogens (primary N) is 1. The summed E-state index contributed by atoms with van der Waals surface area (Å²) < 4.78 is 0. The molecule has 1 aliphatic rings. The number of fused-ring (bicyclic) bond motifs is 1. The third kappa shape index (κ3) is 3.18. The van der Waals surface area contributed by atoms with Crippen molar-refractivity contribution in [3.05, 3.63) is 17.1 Å². The Labute approximate surface area is 104 Å². The van der Waals surface area contributed by atoms with Gasteiger partial charge < -0.3 is 5.73 Å². The quantitative estimate of drug-likeness (QED) is 0.817. The molecule has 0 atom stereocenters. The Morgan fingerprint density at radius 1 is 1.12 bits per heavy atom. The lowest BCUT2D eigenvalue weighted by Crippen LogP contribution is -2.09. The van der Waals surface area contributed by atoms with E-state index in [0.717, 1.165) is 37.3 Å². The number of aryl methyl sites for hydroxylation is 2. The van der Waals surface area contributed by atoms with Gasteiger partial charge in [0.25, 0.3) is 0 Å². The molecule has 1 heterocycles. The van der Waals surface area contributed by atoms with E-state index >= 15 is 0 Å². The van der Waals surface area contributed by atoms with Crippen LogP contribution in [0.25, 0.3) is 0 Å². The average molecular weight is 233 g/mol. The topological polar surface area (TPSA) is 51.8 Å². The Bertz CT molecular complexity index is 385. The normalized spacial score (nSPS) is 15.7. The molecule has 0 bridgehead atoms. The number of hydrogen-bond donors (Lipinski definition) is 1. The molecule has 0 saturated heterocycles. The molecule has 2 N–H and O–H groups in total. The average Bonchev–Trinajstić information content (AvgIpc) is 2.51. The SMILES string of the molecule is CC(C)CCc1nc(N)c2c(n1)CCCCC2. The second-order valence-electron chi connectivity index (χ2n) is 5.44. The number of hydrogen-bond acceptors (Lipinski definition) is 3. The van der Waals surface area contributed by atoms with E-state index in [0.29, 0.717) is 5.92 Å². The fourth-order valence-corrected chi connectivity index (χ4v) is 2.38. The molecule has 0 spiro atoms. The second kappa shape index (κ2) is 5.48. The van der Waals surface area contributed by atoms with E-state index in [9.17, 15) is 0 Å². The van der Waals surface area contributed by atoms with Gasteiger partial charge in [0, 0.05) is 17.7 Å². The summed E-state index contributed by atoms with van der Waals surface area (Å²) >= 11 is 0. The van der Waals surface area contributed by atoms with Crippen molar-refractivity contribution >= 4 is 5.82 Å². The van der Waals surface area contributed by atoms with Crippen LogP contribution in [0.4, 0.5) is 5.82 Å². The van der Waals surface area contributed by atoms with Gasteiger partial charge in [0.05, 0.1) is 0 Å². The Morgan fingerprint density at radius 3 is 2.65 bits per heavy atom. The van der Waals surface area contributed by atoms with Gasteiger partial charge in [0.2, 0.25) is 0 Å². The lowest BCUT2D eigenvalue weighted by Gasteiger charge is -2.11. The van der Waals surface area contributed by atoms with Crippen molar-refractivity contribution in [1.82, 2.24) is 9.97 Å². The molecule has 0 amide bonds. The summed E-state index contributed by atoms with van der Waals surface area (Å²) in [5.74, 6) is 2.37. The zero-order valence-electron chi connectivity index (χ0n) is 11.0. The highest BCUT2D eigenvalue weighted by Crippen LogP contribution is 2.23. The van der Waals surface area contributed by atoms with Crippen LogP contribution in [-0.4, -0.2) is 9.97 Å². The van der Waals surface area contributed by atoms with Gasteiger partial charge in [-0.25, -0.2) is 9.97 Å². The molecule has 3 nitrogen and oxygen atoms in total. The first kappa shape index (κ1) is 12.3. The van der Waals surface area contributed by atoms with Crippen molar-refractivity contribution in [2.75, 3.05) is 5.73 Å². The van der Waals surface area contributed by atoms with E-state index in [1.54, 1.807) is 0 Å². The smallest absolute Gasteiger partial charge is 0.131 e. The molecule has 3 heteroatoms. The van der Waals surface area contributed by atoms with Gasteiger partial charge in [0.1, 0.15) is 11.6 Å². The fourth-order valence-electron chi connectivity index (χ4n) is 2.38. The minimum absolute atomic E-state index is 0.693. The van der Waals surface area contributed by atoms with Gasteiger partial charge in [0.15, 0.2) is 0 Å². The van der Waals surface area contributed by atoms with Crippen LogP contribution in [0.5, 0.6) is 0 Å². The van der Waals surface area contributed by atoms with Crippen LogP contribution in [0.1, 0.15) is 56.6 Å². The van der Waals surface area contributed by atoms with E-state index in [1.165, 1.54) is 30.5 Å². The third-order valence-corrected chi connectivity index (χ3v) is 3.46. The molecule has 0 aliphatic heterocycles. The van der Waals surface area contributed by atoms with Crippen LogP contribution in [0, 0.1) is 5.92 Å². The number of rotatable bonds is 3. The molecule has 0 radical (unpaired) electrons.